The Kier molecular flexibility index (Phi) is 6.96. The molecule has 2 fully saturated rings. The second kappa shape index (κ2) is 9.46. The summed E-state index contributed by atoms with van der Waals surface area (Å²) in [5.74, 6) is -0.575. The third-order valence-corrected chi connectivity index (χ3v) is 5.87. The number of hydrogen-bond donors (Lipinski definition) is 0. The lowest BCUT2D eigenvalue weighted by molar-refractivity contribution is -0.384. The van der Waals surface area contributed by atoms with E-state index in [4.69, 9.17) is 4.74 Å². The predicted molar refractivity (Wildman–Crippen MR) is 113 cm³/mol. The molecule has 2 aliphatic heterocycles. The lowest BCUT2D eigenvalue weighted by Crippen LogP contribution is -2.54. The molecule has 0 radical (unpaired) electrons. The van der Waals surface area contributed by atoms with Crippen LogP contribution in [0.5, 0.6) is 0 Å². The number of rotatable bonds is 5. The molecule has 10 heteroatoms. The molecule has 0 unspecified atom stereocenters. The second-order valence-electron chi connectivity index (χ2n) is 7.66. The fourth-order valence-corrected chi connectivity index (χ4v) is 4.14. The zero-order valence-electron chi connectivity index (χ0n) is 17.8. The lowest BCUT2D eigenvalue weighted by atomic mass is 10.1. The van der Waals surface area contributed by atoms with Crippen LogP contribution in [0.2, 0.25) is 0 Å². The van der Waals surface area contributed by atoms with Crippen LogP contribution in [0.15, 0.2) is 12.1 Å². The summed E-state index contributed by atoms with van der Waals surface area (Å²) in [4.78, 5) is 30.9. The zero-order chi connectivity index (χ0) is 21.8. The first-order valence-corrected chi connectivity index (χ1v) is 10.5. The number of piperazine rings is 2. The lowest BCUT2D eigenvalue weighted by Gasteiger charge is -2.40. The topological polar surface area (TPSA) is 82.4 Å². The molecule has 0 aromatic heterocycles. The van der Waals surface area contributed by atoms with E-state index in [1.807, 2.05) is 16.7 Å². The van der Waals surface area contributed by atoms with Gasteiger partial charge in [0.2, 0.25) is 0 Å². The first kappa shape index (κ1) is 22.1. The van der Waals surface area contributed by atoms with Gasteiger partial charge in [0.25, 0.3) is 5.69 Å². The summed E-state index contributed by atoms with van der Waals surface area (Å²) in [6.07, 6.45) is -0.382. The van der Waals surface area contributed by atoms with E-state index < -0.39 is 10.7 Å². The van der Waals surface area contributed by atoms with Crippen molar-refractivity contribution in [2.75, 3.05) is 68.8 Å². The molecule has 0 aliphatic carbocycles. The Morgan fingerprint density at radius 2 is 1.80 bits per heavy atom. The maximum Gasteiger partial charge on any atom is 0.410 e. The zero-order valence-corrected chi connectivity index (χ0v) is 17.8. The molecule has 0 spiro atoms. The van der Waals surface area contributed by atoms with Gasteiger partial charge >= 0.3 is 6.09 Å². The predicted octanol–water partition coefficient (Wildman–Crippen LogP) is 2.54. The maximum absolute atomic E-state index is 14.8. The molecule has 2 saturated heterocycles. The summed E-state index contributed by atoms with van der Waals surface area (Å²) in [6, 6.07) is 2.44. The number of anilines is 2. The van der Waals surface area contributed by atoms with Gasteiger partial charge in [0, 0.05) is 51.9 Å². The number of nitro benzene ring substituents is 1. The Labute approximate surface area is 176 Å². The number of nitrogens with zero attached hydrogens (tertiary/aromatic N) is 5. The quantitative estimate of drug-likeness (QED) is 0.532. The van der Waals surface area contributed by atoms with E-state index in [9.17, 15) is 19.3 Å². The highest BCUT2D eigenvalue weighted by molar-refractivity contribution is 5.73. The summed E-state index contributed by atoms with van der Waals surface area (Å²) in [5, 5.41) is 11.6. The third-order valence-electron chi connectivity index (χ3n) is 5.87. The Balaban J connectivity index is 1.85. The van der Waals surface area contributed by atoms with Gasteiger partial charge in [0.15, 0.2) is 5.82 Å². The van der Waals surface area contributed by atoms with Gasteiger partial charge in [-0.3, -0.25) is 10.1 Å². The Morgan fingerprint density at radius 1 is 1.13 bits per heavy atom. The Bertz CT molecular complexity index is 785. The van der Waals surface area contributed by atoms with Crippen molar-refractivity contribution in [3.8, 4) is 0 Å². The van der Waals surface area contributed by atoms with Crippen LogP contribution in [-0.4, -0.2) is 85.8 Å². The normalized spacial score (nSPS) is 20.4. The van der Waals surface area contributed by atoms with Gasteiger partial charge in [-0.25, -0.2) is 9.18 Å². The summed E-state index contributed by atoms with van der Waals surface area (Å²) in [6.45, 7) is 11.2. The molecule has 2 aliphatic rings. The van der Waals surface area contributed by atoms with Crippen molar-refractivity contribution >= 4 is 23.2 Å². The van der Waals surface area contributed by atoms with E-state index in [1.54, 1.807) is 17.9 Å². The van der Waals surface area contributed by atoms with Crippen molar-refractivity contribution in [3.05, 3.63) is 28.1 Å². The number of hydrogen-bond acceptors (Lipinski definition) is 7. The summed E-state index contributed by atoms with van der Waals surface area (Å²) < 4.78 is 19.9. The van der Waals surface area contributed by atoms with Gasteiger partial charge in [-0.15, -0.1) is 0 Å². The molecule has 1 amide bonds. The first-order chi connectivity index (χ1) is 14.3. The van der Waals surface area contributed by atoms with Crippen LogP contribution in [-0.2, 0) is 4.74 Å². The number of nitro groups is 1. The van der Waals surface area contributed by atoms with Crippen molar-refractivity contribution in [1.82, 2.24) is 9.80 Å². The van der Waals surface area contributed by atoms with E-state index in [1.165, 1.54) is 0 Å². The third kappa shape index (κ3) is 4.58. The number of amides is 1. The minimum Gasteiger partial charge on any atom is -0.450 e. The average Bonchev–Trinajstić information content (AvgIpc) is 2.73. The summed E-state index contributed by atoms with van der Waals surface area (Å²) in [5.41, 5.74) is 0.539. The number of likely N-dealkylation sites (N-methyl/N-ethyl adjacent to an activating group) is 1. The van der Waals surface area contributed by atoms with Gasteiger partial charge in [-0.05, 0) is 26.5 Å². The Hall–Kier alpha value is -2.62. The monoisotopic (exact) mass is 423 g/mol. The minimum atomic E-state index is -0.575. The highest BCUT2D eigenvalue weighted by atomic mass is 19.1. The molecule has 0 bridgehead atoms. The largest absolute Gasteiger partial charge is 0.450 e. The van der Waals surface area contributed by atoms with Gasteiger partial charge in [0.1, 0.15) is 5.69 Å². The van der Waals surface area contributed by atoms with Crippen molar-refractivity contribution in [1.29, 1.82) is 0 Å². The van der Waals surface area contributed by atoms with Crippen LogP contribution < -0.4 is 9.80 Å². The number of benzene rings is 1. The van der Waals surface area contributed by atoms with Crippen molar-refractivity contribution in [3.63, 3.8) is 0 Å². The summed E-state index contributed by atoms with van der Waals surface area (Å²) in [7, 11) is 0. The second-order valence-corrected chi connectivity index (χ2v) is 7.66. The smallest absolute Gasteiger partial charge is 0.410 e. The van der Waals surface area contributed by atoms with Crippen LogP contribution in [0, 0.1) is 15.9 Å². The van der Waals surface area contributed by atoms with Crippen molar-refractivity contribution < 1.29 is 18.8 Å². The van der Waals surface area contributed by atoms with E-state index in [-0.39, 0.29) is 17.8 Å². The molecular weight excluding hydrogens is 393 g/mol. The number of halogens is 1. The Morgan fingerprint density at radius 3 is 2.37 bits per heavy atom. The SMILES string of the molecule is CCOC(=O)N1CCN(c2cc(N3CCN(CC)CC3)c(F)cc2[N+](=O)[O-])C[C@@H]1C. The molecule has 1 atom stereocenters. The molecule has 3 rings (SSSR count). The number of carbonyl (C=O) groups is 1. The van der Waals surface area contributed by atoms with Gasteiger partial charge in [-0.2, -0.15) is 0 Å². The standard InChI is InChI=1S/C20H30FN5O4/c1-4-22-6-8-23(9-7-22)17-13-18(19(26(28)29)12-16(17)21)24-10-11-25(15(3)14-24)20(27)30-5-2/h12-13,15H,4-11,14H2,1-3H3/t15-/m0/s1. The van der Waals surface area contributed by atoms with E-state index >= 15 is 0 Å². The first-order valence-electron chi connectivity index (χ1n) is 10.5. The van der Waals surface area contributed by atoms with E-state index in [2.05, 4.69) is 11.8 Å². The van der Waals surface area contributed by atoms with Crippen LogP contribution in [0.1, 0.15) is 20.8 Å². The van der Waals surface area contributed by atoms with Crippen LogP contribution in [0.25, 0.3) is 0 Å². The highest BCUT2D eigenvalue weighted by Crippen LogP contribution is 2.36. The van der Waals surface area contributed by atoms with Gasteiger partial charge < -0.3 is 24.3 Å². The van der Waals surface area contributed by atoms with E-state index in [0.717, 1.165) is 25.7 Å². The highest BCUT2D eigenvalue weighted by Gasteiger charge is 2.33. The minimum absolute atomic E-state index is 0.181. The fraction of sp³-hybridized carbons (Fsp3) is 0.650. The van der Waals surface area contributed by atoms with Crippen LogP contribution in [0.3, 0.4) is 0 Å². The molecule has 2 heterocycles. The molecular formula is C20H30FN5O4. The maximum atomic E-state index is 14.8. The average molecular weight is 423 g/mol. The van der Waals surface area contributed by atoms with Gasteiger partial charge in [-0.1, -0.05) is 6.92 Å². The molecule has 1 aromatic carbocycles. The molecule has 30 heavy (non-hydrogen) atoms. The molecule has 1 aromatic rings. The van der Waals surface area contributed by atoms with Crippen molar-refractivity contribution in [2.45, 2.75) is 26.8 Å². The van der Waals surface area contributed by atoms with Crippen LogP contribution in [0.4, 0.5) is 26.2 Å². The summed E-state index contributed by atoms with van der Waals surface area (Å²) >= 11 is 0. The number of ether oxygens (including phenoxy) is 1. The fourth-order valence-electron chi connectivity index (χ4n) is 4.14. The van der Waals surface area contributed by atoms with Crippen LogP contribution >= 0.6 is 0 Å². The molecule has 166 valence electrons. The molecule has 9 nitrogen and oxygen atoms in total. The molecule has 0 saturated carbocycles. The van der Waals surface area contributed by atoms with E-state index in [0.29, 0.717) is 50.7 Å². The van der Waals surface area contributed by atoms with Gasteiger partial charge in [0.05, 0.1) is 23.3 Å². The number of carbonyl (C=O) groups excluding carboxylic acids is 1. The molecule has 0 N–H and O–H groups in total. The van der Waals surface area contributed by atoms with Crippen molar-refractivity contribution in [2.24, 2.45) is 0 Å².